The Morgan fingerprint density at radius 3 is 1.86 bits per heavy atom. The molecule has 0 aromatic carbocycles. The fourth-order valence-corrected chi connectivity index (χ4v) is 2.79. The van der Waals surface area contributed by atoms with Crippen LogP contribution in [0.4, 0.5) is 0 Å². The smallest absolute Gasteiger partial charge is 0.113 e. The van der Waals surface area contributed by atoms with Gasteiger partial charge >= 0.3 is 0 Å². The van der Waals surface area contributed by atoms with Gasteiger partial charge in [0, 0.05) is 6.42 Å². The van der Waals surface area contributed by atoms with Gasteiger partial charge in [0.05, 0.1) is 25.4 Å². The van der Waals surface area contributed by atoms with E-state index >= 15 is 0 Å². The average molecular weight is 310 g/mol. The van der Waals surface area contributed by atoms with Crippen molar-refractivity contribution in [2.24, 2.45) is 0 Å². The lowest BCUT2D eigenvalue weighted by Crippen LogP contribution is -2.64. The molecule has 0 bridgehead atoms. The third-order valence-electron chi connectivity index (χ3n) is 4.07. The second kappa shape index (κ2) is 6.82. The van der Waals surface area contributed by atoms with Crippen LogP contribution in [0.2, 0.25) is 0 Å². The molecule has 2 saturated heterocycles. The molecule has 9 heteroatoms. The maximum Gasteiger partial charge on any atom is 0.113 e. The Bertz CT molecular complexity index is 339. The molecule has 2 rings (SSSR count). The van der Waals surface area contributed by atoms with Crippen LogP contribution in [-0.4, -0.2) is 104 Å². The van der Waals surface area contributed by atoms with Crippen molar-refractivity contribution in [3.63, 3.8) is 0 Å². The van der Waals surface area contributed by atoms with Crippen LogP contribution in [0.25, 0.3) is 0 Å². The molecule has 7 N–H and O–H groups in total. The molecule has 0 saturated carbocycles. The largest absolute Gasteiger partial charge is 0.394 e. The zero-order chi connectivity index (χ0) is 15.7. The number of aliphatic hydroxyl groups is 7. The molecule has 2 aliphatic heterocycles. The average Bonchev–Trinajstić information content (AvgIpc) is 2.48. The lowest BCUT2D eigenvalue weighted by molar-refractivity contribution is -0.279. The highest BCUT2D eigenvalue weighted by atomic mass is 16.6. The summed E-state index contributed by atoms with van der Waals surface area (Å²) in [6, 6.07) is 0. The lowest BCUT2D eigenvalue weighted by Gasteiger charge is -2.46. The van der Waals surface area contributed by atoms with Crippen molar-refractivity contribution in [3.05, 3.63) is 0 Å². The van der Waals surface area contributed by atoms with Crippen molar-refractivity contribution in [2.45, 2.75) is 61.4 Å². The fraction of sp³-hybridized carbons (Fsp3) is 1.00. The summed E-state index contributed by atoms with van der Waals surface area (Å²) in [4.78, 5) is 0. The Balaban J connectivity index is 2.12. The van der Waals surface area contributed by atoms with Gasteiger partial charge in [-0.2, -0.15) is 0 Å². The Morgan fingerprint density at radius 2 is 1.29 bits per heavy atom. The van der Waals surface area contributed by atoms with E-state index in [9.17, 15) is 25.5 Å². The molecule has 0 radical (unpaired) electrons. The molecule has 0 amide bonds. The van der Waals surface area contributed by atoms with Gasteiger partial charge in [-0.1, -0.05) is 0 Å². The van der Waals surface area contributed by atoms with Gasteiger partial charge in [0.1, 0.15) is 42.7 Å². The summed E-state index contributed by atoms with van der Waals surface area (Å²) < 4.78 is 10.7. The SMILES string of the molecule is OC[C@H]1O[C@@H](C2C[C@@H](O)[C@H](O)[C@@H](CO)O2)[C@H](O)[C@@H](O)[C@H]1O. The Labute approximate surface area is 121 Å². The van der Waals surface area contributed by atoms with Crippen LogP contribution >= 0.6 is 0 Å². The molecule has 0 aromatic heterocycles. The van der Waals surface area contributed by atoms with E-state index in [1.807, 2.05) is 0 Å². The number of hydrogen-bond acceptors (Lipinski definition) is 9. The van der Waals surface area contributed by atoms with Crippen molar-refractivity contribution < 1.29 is 45.2 Å². The van der Waals surface area contributed by atoms with Crippen LogP contribution in [-0.2, 0) is 9.47 Å². The summed E-state index contributed by atoms with van der Waals surface area (Å²) in [6.45, 7) is -1.10. The first-order chi connectivity index (χ1) is 9.90. The predicted molar refractivity (Wildman–Crippen MR) is 66.1 cm³/mol. The minimum Gasteiger partial charge on any atom is -0.394 e. The van der Waals surface area contributed by atoms with E-state index in [-0.39, 0.29) is 6.42 Å². The molecule has 0 aromatic rings. The molecule has 21 heavy (non-hydrogen) atoms. The molecule has 9 nitrogen and oxygen atoms in total. The third-order valence-corrected chi connectivity index (χ3v) is 4.07. The van der Waals surface area contributed by atoms with Crippen LogP contribution in [0, 0.1) is 0 Å². The summed E-state index contributed by atoms with van der Waals surface area (Å²) >= 11 is 0. The van der Waals surface area contributed by atoms with Crippen molar-refractivity contribution in [3.8, 4) is 0 Å². The summed E-state index contributed by atoms with van der Waals surface area (Å²) in [7, 11) is 0. The van der Waals surface area contributed by atoms with Gasteiger partial charge in [-0.15, -0.1) is 0 Å². The second-order valence-corrected chi connectivity index (χ2v) is 5.48. The maximum absolute atomic E-state index is 9.98. The van der Waals surface area contributed by atoms with Gasteiger partial charge in [-0.3, -0.25) is 0 Å². The Kier molecular flexibility index (Phi) is 5.52. The lowest BCUT2D eigenvalue weighted by atomic mass is 9.87. The first kappa shape index (κ1) is 17.0. The van der Waals surface area contributed by atoms with Gasteiger partial charge in [-0.05, 0) is 0 Å². The van der Waals surface area contributed by atoms with Crippen molar-refractivity contribution >= 4 is 0 Å². The molecule has 9 atom stereocenters. The standard InChI is InChI=1S/C12H22O9/c13-2-6-8(16)4(15)1-5(20-6)12-11(19)10(18)9(17)7(3-14)21-12/h4-19H,1-3H2/t4-,5?,6-,7-,8+,9+,10+,11-,12+/m1/s1. The first-order valence-electron chi connectivity index (χ1n) is 6.83. The van der Waals surface area contributed by atoms with E-state index in [1.54, 1.807) is 0 Å². The van der Waals surface area contributed by atoms with Crippen LogP contribution in [0.1, 0.15) is 6.42 Å². The molecule has 124 valence electrons. The summed E-state index contributed by atoms with van der Waals surface area (Å²) in [6.07, 6.45) is -11.2. The normalized spacial score (nSPS) is 51.9. The Morgan fingerprint density at radius 1 is 0.714 bits per heavy atom. The van der Waals surface area contributed by atoms with Crippen LogP contribution in [0.15, 0.2) is 0 Å². The highest BCUT2D eigenvalue weighted by Crippen LogP contribution is 2.30. The molecule has 0 aliphatic carbocycles. The maximum atomic E-state index is 9.98. The topological polar surface area (TPSA) is 160 Å². The number of aliphatic hydroxyl groups excluding tert-OH is 7. The van der Waals surface area contributed by atoms with Gasteiger partial charge in [0.2, 0.25) is 0 Å². The predicted octanol–water partition coefficient (Wildman–Crippen LogP) is -4.30. The third kappa shape index (κ3) is 3.21. The molecule has 1 unspecified atom stereocenters. The highest BCUT2D eigenvalue weighted by Gasteiger charge is 2.49. The van der Waals surface area contributed by atoms with Gasteiger partial charge in [-0.25, -0.2) is 0 Å². The second-order valence-electron chi connectivity index (χ2n) is 5.48. The fourth-order valence-electron chi connectivity index (χ4n) is 2.79. The minimum absolute atomic E-state index is 0.0830. The molecular weight excluding hydrogens is 288 g/mol. The van der Waals surface area contributed by atoms with E-state index in [2.05, 4.69) is 0 Å². The highest BCUT2D eigenvalue weighted by molar-refractivity contribution is 4.98. The van der Waals surface area contributed by atoms with Crippen molar-refractivity contribution in [1.82, 2.24) is 0 Å². The van der Waals surface area contributed by atoms with Crippen molar-refractivity contribution in [2.75, 3.05) is 13.2 Å². The van der Waals surface area contributed by atoms with Gasteiger partial charge in [0.25, 0.3) is 0 Å². The van der Waals surface area contributed by atoms with E-state index in [1.165, 1.54) is 0 Å². The zero-order valence-electron chi connectivity index (χ0n) is 11.3. The molecule has 2 fully saturated rings. The summed E-state index contributed by atoms with van der Waals surface area (Å²) in [5.74, 6) is 0. The quantitative estimate of drug-likeness (QED) is 0.273. The van der Waals surface area contributed by atoms with Crippen LogP contribution in [0.3, 0.4) is 0 Å². The number of ether oxygens (including phenoxy) is 2. The van der Waals surface area contributed by atoms with E-state index < -0.39 is 68.1 Å². The number of hydrogen-bond donors (Lipinski definition) is 7. The van der Waals surface area contributed by atoms with E-state index in [4.69, 9.17) is 19.7 Å². The molecule has 0 spiro atoms. The summed E-state index contributed by atoms with van der Waals surface area (Å²) in [5, 5.41) is 67.1. The first-order valence-corrected chi connectivity index (χ1v) is 6.83. The van der Waals surface area contributed by atoms with Crippen molar-refractivity contribution in [1.29, 1.82) is 0 Å². The van der Waals surface area contributed by atoms with Crippen LogP contribution < -0.4 is 0 Å². The van der Waals surface area contributed by atoms with Crippen LogP contribution in [0.5, 0.6) is 0 Å². The van der Waals surface area contributed by atoms with Gasteiger partial charge in [0.15, 0.2) is 0 Å². The molecule has 2 heterocycles. The van der Waals surface area contributed by atoms with Gasteiger partial charge < -0.3 is 45.2 Å². The van der Waals surface area contributed by atoms with E-state index in [0.717, 1.165) is 0 Å². The van der Waals surface area contributed by atoms with E-state index in [0.29, 0.717) is 0 Å². The molecule has 2 aliphatic rings. The summed E-state index contributed by atoms with van der Waals surface area (Å²) in [5.41, 5.74) is 0. The molecular formula is C12H22O9. The monoisotopic (exact) mass is 310 g/mol. The minimum atomic E-state index is -1.54. The Hall–Kier alpha value is -0.360. The number of rotatable bonds is 3. The zero-order valence-corrected chi connectivity index (χ0v) is 11.3.